The summed E-state index contributed by atoms with van der Waals surface area (Å²) < 4.78 is 0. The molecule has 0 aliphatic carbocycles. The van der Waals surface area contributed by atoms with E-state index in [2.05, 4.69) is 0 Å². The average Bonchev–Trinajstić information content (AvgIpc) is 3.05. The molecule has 0 spiro atoms. The topological polar surface area (TPSA) is 57.6 Å². The smallest absolute Gasteiger partial charge is 0.308 e. The van der Waals surface area contributed by atoms with Crippen LogP contribution < -0.4 is 0 Å². The lowest BCUT2D eigenvalue weighted by atomic mass is 9.99. The number of rotatable bonds is 3. The lowest BCUT2D eigenvalue weighted by Gasteiger charge is -2.18. The van der Waals surface area contributed by atoms with Gasteiger partial charge in [-0.15, -0.1) is 0 Å². The van der Waals surface area contributed by atoms with Gasteiger partial charge >= 0.3 is 5.97 Å². The summed E-state index contributed by atoms with van der Waals surface area (Å²) in [6.07, 6.45) is 0.522. The van der Waals surface area contributed by atoms with E-state index in [-0.39, 0.29) is 12.5 Å². The van der Waals surface area contributed by atoms with Crippen molar-refractivity contribution in [3.63, 3.8) is 0 Å². The summed E-state index contributed by atoms with van der Waals surface area (Å²) in [5, 5.41) is 9.08. The first-order valence-corrected chi connectivity index (χ1v) is 7.33. The molecule has 1 atom stereocenters. The number of carboxylic acids is 1. The minimum atomic E-state index is -0.827. The molecule has 2 aromatic carbocycles. The Morgan fingerprint density at radius 3 is 2.36 bits per heavy atom. The number of nitrogens with zero attached hydrogens (tertiary/aromatic N) is 1. The Labute approximate surface area is 129 Å². The fourth-order valence-electron chi connectivity index (χ4n) is 2.86. The Kier molecular flexibility index (Phi) is 3.92. The van der Waals surface area contributed by atoms with Gasteiger partial charge in [0.05, 0.1) is 5.92 Å². The first kappa shape index (κ1) is 14.3. The Morgan fingerprint density at radius 1 is 1.00 bits per heavy atom. The third kappa shape index (κ3) is 2.72. The predicted octanol–water partition coefficient (Wildman–Crippen LogP) is 2.90. The second kappa shape index (κ2) is 6.02. The second-order valence-electron chi connectivity index (χ2n) is 5.49. The van der Waals surface area contributed by atoms with Gasteiger partial charge in [0.2, 0.25) is 0 Å². The van der Waals surface area contributed by atoms with Crippen molar-refractivity contribution in [2.45, 2.75) is 6.42 Å². The summed E-state index contributed by atoms with van der Waals surface area (Å²) >= 11 is 0. The van der Waals surface area contributed by atoms with Gasteiger partial charge in [0, 0.05) is 18.7 Å². The predicted molar refractivity (Wildman–Crippen MR) is 83.5 cm³/mol. The molecule has 4 nitrogen and oxygen atoms in total. The molecule has 0 saturated carbocycles. The van der Waals surface area contributed by atoms with E-state index in [9.17, 15) is 9.59 Å². The monoisotopic (exact) mass is 295 g/mol. The van der Waals surface area contributed by atoms with E-state index in [0.29, 0.717) is 18.5 Å². The number of carboxylic acid groups (broad SMARTS) is 1. The van der Waals surface area contributed by atoms with Gasteiger partial charge < -0.3 is 10.0 Å². The van der Waals surface area contributed by atoms with E-state index in [4.69, 9.17) is 5.11 Å². The summed E-state index contributed by atoms with van der Waals surface area (Å²) in [5.41, 5.74) is 2.49. The number of amides is 1. The summed E-state index contributed by atoms with van der Waals surface area (Å²) in [5.74, 6) is -1.37. The lowest BCUT2D eigenvalue weighted by molar-refractivity contribution is -0.141. The van der Waals surface area contributed by atoms with Crippen LogP contribution in [0.4, 0.5) is 0 Å². The fraction of sp³-hybridized carbons (Fsp3) is 0.222. The van der Waals surface area contributed by atoms with Crippen LogP contribution in [-0.4, -0.2) is 35.0 Å². The zero-order chi connectivity index (χ0) is 15.5. The first-order chi connectivity index (χ1) is 10.7. The van der Waals surface area contributed by atoms with E-state index >= 15 is 0 Å². The zero-order valence-electron chi connectivity index (χ0n) is 12.1. The molecule has 0 aromatic heterocycles. The maximum atomic E-state index is 12.7. The Morgan fingerprint density at radius 2 is 1.68 bits per heavy atom. The number of benzene rings is 2. The van der Waals surface area contributed by atoms with Gasteiger partial charge in [0.25, 0.3) is 5.91 Å². The lowest BCUT2D eigenvalue weighted by Crippen LogP contribution is -2.30. The summed E-state index contributed by atoms with van der Waals surface area (Å²) in [7, 11) is 0. The van der Waals surface area contributed by atoms with Gasteiger partial charge in [-0.3, -0.25) is 9.59 Å². The highest BCUT2D eigenvalue weighted by Crippen LogP contribution is 2.26. The molecule has 1 saturated heterocycles. The van der Waals surface area contributed by atoms with Crippen molar-refractivity contribution in [2.75, 3.05) is 13.1 Å². The van der Waals surface area contributed by atoms with Crippen LogP contribution in [-0.2, 0) is 4.79 Å². The third-order valence-corrected chi connectivity index (χ3v) is 4.07. The normalized spacial score (nSPS) is 17.5. The van der Waals surface area contributed by atoms with Gasteiger partial charge in [-0.2, -0.15) is 0 Å². The van der Waals surface area contributed by atoms with E-state index in [1.54, 1.807) is 11.0 Å². The molecule has 1 amide bonds. The molecule has 1 aliphatic rings. The SMILES string of the molecule is O=C(O)C1CCN(C(=O)c2ccccc2-c2ccccc2)C1. The Balaban J connectivity index is 1.90. The molecule has 4 heteroatoms. The van der Waals surface area contributed by atoms with E-state index in [1.165, 1.54) is 0 Å². The van der Waals surface area contributed by atoms with Crippen molar-refractivity contribution in [3.8, 4) is 11.1 Å². The molecule has 22 heavy (non-hydrogen) atoms. The van der Waals surface area contributed by atoms with Crippen molar-refractivity contribution in [2.24, 2.45) is 5.92 Å². The van der Waals surface area contributed by atoms with Crippen LogP contribution >= 0.6 is 0 Å². The molecular formula is C18H17NO3. The molecule has 1 unspecified atom stereocenters. The standard InChI is InChI=1S/C18H17NO3/c20-17(19-11-10-14(12-19)18(21)22)16-9-5-4-8-15(16)13-6-2-1-3-7-13/h1-9,14H,10-12H2,(H,21,22). The maximum absolute atomic E-state index is 12.7. The van der Waals surface area contributed by atoms with Gasteiger partial charge in [-0.1, -0.05) is 48.5 Å². The minimum absolute atomic E-state index is 0.0943. The molecule has 1 aliphatic heterocycles. The number of carbonyl (C=O) groups excluding carboxylic acids is 1. The number of aliphatic carboxylic acids is 1. The molecule has 1 heterocycles. The number of hydrogen-bond acceptors (Lipinski definition) is 2. The maximum Gasteiger partial charge on any atom is 0.308 e. The van der Waals surface area contributed by atoms with Crippen LogP contribution in [0.5, 0.6) is 0 Å². The van der Waals surface area contributed by atoms with E-state index in [1.807, 2.05) is 48.5 Å². The molecule has 2 aromatic rings. The minimum Gasteiger partial charge on any atom is -0.481 e. The molecule has 112 valence electrons. The van der Waals surface area contributed by atoms with E-state index in [0.717, 1.165) is 11.1 Å². The number of carbonyl (C=O) groups is 2. The summed E-state index contributed by atoms with van der Waals surface area (Å²) in [6, 6.07) is 17.2. The summed E-state index contributed by atoms with van der Waals surface area (Å²) in [4.78, 5) is 25.4. The highest BCUT2D eigenvalue weighted by molar-refractivity contribution is 6.01. The average molecular weight is 295 g/mol. The highest BCUT2D eigenvalue weighted by atomic mass is 16.4. The third-order valence-electron chi connectivity index (χ3n) is 4.07. The van der Waals surface area contributed by atoms with Crippen molar-refractivity contribution in [1.29, 1.82) is 0 Å². The summed E-state index contributed by atoms with van der Waals surface area (Å²) in [6.45, 7) is 0.788. The Bertz CT molecular complexity index is 696. The number of likely N-dealkylation sites (tertiary alicyclic amines) is 1. The van der Waals surface area contributed by atoms with Crippen molar-refractivity contribution in [1.82, 2.24) is 4.90 Å². The van der Waals surface area contributed by atoms with Crippen molar-refractivity contribution < 1.29 is 14.7 Å². The molecular weight excluding hydrogens is 278 g/mol. The molecule has 0 radical (unpaired) electrons. The van der Waals surface area contributed by atoms with Gasteiger partial charge in [-0.05, 0) is 23.6 Å². The molecule has 1 N–H and O–H groups in total. The van der Waals surface area contributed by atoms with Gasteiger partial charge in [0.1, 0.15) is 0 Å². The van der Waals surface area contributed by atoms with Crippen LogP contribution in [0.1, 0.15) is 16.8 Å². The fourth-order valence-corrected chi connectivity index (χ4v) is 2.86. The Hall–Kier alpha value is -2.62. The van der Waals surface area contributed by atoms with Crippen molar-refractivity contribution >= 4 is 11.9 Å². The molecule has 3 rings (SSSR count). The molecule has 1 fully saturated rings. The second-order valence-corrected chi connectivity index (χ2v) is 5.49. The van der Waals surface area contributed by atoms with Crippen LogP contribution in [0.25, 0.3) is 11.1 Å². The van der Waals surface area contributed by atoms with Gasteiger partial charge in [-0.25, -0.2) is 0 Å². The van der Waals surface area contributed by atoms with E-state index < -0.39 is 11.9 Å². The quantitative estimate of drug-likeness (QED) is 0.947. The zero-order valence-corrected chi connectivity index (χ0v) is 12.1. The first-order valence-electron chi connectivity index (χ1n) is 7.33. The van der Waals surface area contributed by atoms with Crippen LogP contribution in [0.2, 0.25) is 0 Å². The largest absolute Gasteiger partial charge is 0.481 e. The van der Waals surface area contributed by atoms with Crippen LogP contribution in [0.15, 0.2) is 54.6 Å². The number of hydrogen-bond donors (Lipinski definition) is 1. The molecule has 0 bridgehead atoms. The van der Waals surface area contributed by atoms with Crippen LogP contribution in [0.3, 0.4) is 0 Å². The highest BCUT2D eigenvalue weighted by Gasteiger charge is 2.31. The van der Waals surface area contributed by atoms with Crippen LogP contribution in [0, 0.1) is 5.92 Å². The van der Waals surface area contributed by atoms with Crippen molar-refractivity contribution in [3.05, 3.63) is 60.2 Å². The van der Waals surface area contributed by atoms with Gasteiger partial charge in [0.15, 0.2) is 0 Å².